The molecule has 4 N–H and O–H groups in total. The Morgan fingerprint density at radius 1 is 0.907 bits per heavy atom. The van der Waals surface area contributed by atoms with Crippen LogP contribution in [0.25, 0.3) is 32.8 Å². The number of hydrogen-bond donors (Lipinski definition) is 3. The molecule has 0 radical (unpaired) electrons. The molecule has 0 aliphatic rings. The number of pyridine rings is 3. The van der Waals surface area contributed by atoms with Gasteiger partial charge in [0.1, 0.15) is 12.4 Å². The van der Waals surface area contributed by atoms with Crippen LogP contribution in [0, 0.1) is 37.2 Å². The van der Waals surface area contributed by atoms with Crippen molar-refractivity contribution in [3.05, 3.63) is 128 Å². The van der Waals surface area contributed by atoms with Gasteiger partial charge in [-0.3, -0.25) is 19.6 Å². The average molecular weight is 805 g/mol. The number of aryl methyl sites for hydroxylation is 2. The van der Waals surface area contributed by atoms with Crippen molar-refractivity contribution in [3.8, 4) is 22.6 Å². The Morgan fingerprint density at radius 3 is 2.28 bits per heavy atom. The van der Waals surface area contributed by atoms with Crippen LogP contribution in [0.2, 0.25) is 0 Å². The fourth-order valence-electron chi connectivity index (χ4n) is 6.33. The molecule has 0 fully saturated rings. The number of rotatable bonds is 10. The number of nitrogens with zero attached hydrogens (tertiary/aromatic N) is 2. The van der Waals surface area contributed by atoms with Crippen LogP contribution in [0.5, 0.6) is 11.5 Å². The van der Waals surface area contributed by atoms with Crippen molar-refractivity contribution in [3.63, 3.8) is 0 Å². The van der Waals surface area contributed by atoms with Crippen LogP contribution in [-0.4, -0.2) is 40.1 Å². The van der Waals surface area contributed by atoms with E-state index in [0.717, 1.165) is 12.0 Å². The molecule has 1 unspecified atom stereocenters. The standard InChI is InChI=1S/C21H17BrF2N2O2.C20H24FN3O2/c1-12-18(21(27)26-11-13-3-5-14(28-2)6-4-13)15(9-10-25-12)16-7-8-17(22)20(24)19(16)23;1-11(2)9-20(4,22)10-26-15-6-5-14-13-7-8-23-12(3)16(13)19(25)24-18(14)17(15)21/h3-10H,11H2,1-2H3,(H,26,27);5-8,11H,9-10,22H2,1-4H3,(H,24,25). The molecule has 3 aromatic carbocycles. The van der Waals surface area contributed by atoms with Crippen molar-refractivity contribution in [2.24, 2.45) is 11.7 Å². The maximum atomic E-state index is 15.0. The van der Waals surface area contributed by atoms with Crippen LogP contribution in [-0.2, 0) is 6.54 Å². The number of nitrogens with two attached hydrogens (primary N) is 1. The topological polar surface area (TPSA) is 132 Å². The number of ether oxygens (including phenoxy) is 2. The van der Waals surface area contributed by atoms with Gasteiger partial charge in [0.05, 0.1) is 39.4 Å². The third-order valence-electron chi connectivity index (χ3n) is 8.74. The maximum absolute atomic E-state index is 15.0. The molecule has 54 heavy (non-hydrogen) atoms. The number of aromatic amines is 1. The van der Waals surface area contributed by atoms with Gasteiger partial charge >= 0.3 is 0 Å². The molecule has 282 valence electrons. The minimum absolute atomic E-state index is 0.000738. The quantitative estimate of drug-likeness (QED) is 0.0933. The second-order valence-electron chi connectivity index (χ2n) is 13.7. The Hall–Kier alpha value is -5.27. The first-order valence-electron chi connectivity index (χ1n) is 17.1. The number of methoxy groups -OCH3 is 1. The summed E-state index contributed by atoms with van der Waals surface area (Å²) in [7, 11) is 1.58. The lowest BCUT2D eigenvalue weighted by Crippen LogP contribution is -2.43. The molecule has 0 saturated heterocycles. The van der Waals surface area contributed by atoms with E-state index in [2.05, 4.69) is 50.0 Å². The van der Waals surface area contributed by atoms with Gasteiger partial charge in [-0.15, -0.1) is 0 Å². The minimum atomic E-state index is -1.02. The van der Waals surface area contributed by atoms with Crippen LogP contribution >= 0.6 is 15.9 Å². The fraction of sp³-hybridized carbons (Fsp3) is 0.268. The average Bonchev–Trinajstić information content (AvgIpc) is 3.13. The van der Waals surface area contributed by atoms with Crippen LogP contribution in [0.15, 0.2) is 82.3 Å². The second-order valence-corrected chi connectivity index (χ2v) is 14.5. The number of H-pyrrole nitrogens is 1. The van der Waals surface area contributed by atoms with Gasteiger partial charge in [0.2, 0.25) is 0 Å². The molecule has 6 rings (SSSR count). The number of hydrogen-bond acceptors (Lipinski definition) is 7. The largest absolute Gasteiger partial charge is 0.497 e. The smallest absolute Gasteiger partial charge is 0.258 e. The van der Waals surface area contributed by atoms with Crippen LogP contribution < -0.4 is 26.1 Å². The molecule has 0 spiro atoms. The summed E-state index contributed by atoms with van der Waals surface area (Å²) >= 11 is 2.96. The van der Waals surface area contributed by atoms with E-state index in [1.807, 2.05) is 19.1 Å². The lowest BCUT2D eigenvalue weighted by molar-refractivity contribution is 0.0950. The molecule has 13 heteroatoms. The molecular formula is C41H41BrF3N5O4. The molecule has 0 aliphatic heterocycles. The van der Waals surface area contributed by atoms with Gasteiger partial charge in [0, 0.05) is 41.0 Å². The van der Waals surface area contributed by atoms with Gasteiger partial charge in [-0.25, -0.2) is 13.2 Å². The van der Waals surface area contributed by atoms with Crippen LogP contribution in [0.4, 0.5) is 13.2 Å². The van der Waals surface area contributed by atoms with Gasteiger partial charge in [-0.05, 0) is 102 Å². The summed E-state index contributed by atoms with van der Waals surface area (Å²) in [6.45, 7) is 9.91. The van der Waals surface area contributed by atoms with Crippen molar-refractivity contribution < 1.29 is 27.4 Å². The highest BCUT2D eigenvalue weighted by molar-refractivity contribution is 9.10. The number of amides is 1. The summed E-state index contributed by atoms with van der Waals surface area (Å²) in [5.41, 5.74) is 7.83. The van der Waals surface area contributed by atoms with Gasteiger partial charge in [-0.2, -0.15) is 0 Å². The molecule has 1 amide bonds. The molecule has 1 atom stereocenters. The van der Waals surface area contributed by atoms with E-state index in [4.69, 9.17) is 15.2 Å². The summed E-state index contributed by atoms with van der Waals surface area (Å²) in [5, 5.41) is 4.57. The highest BCUT2D eigenvalue weighted by atomic mass is 79.9. The highest BCUT2D eigenvalue weighted by Gasteiger charge is 2.24. The van der Waals surface area contributed by atoms with Gasteiger partial charge in [0.15, 0.2) is 23.2 Å². The van der Waals surface area contributed by atoms with E-state index >= 15 is 0 Å². The molecule has 0 aliphatic carbocycles. The van der Waals surface area contributed by atoms with Crippen molar-refractivity contribution in [2.45, 2.75) is 53.1 Å². The second kappa shape index (κ2) is 16.8. The third kappa shape index (κ3) is 8.91. The minimum Gasteiger partial charge on any atom is -0.497 e. The normalized spacial score (nSPS) is 12.3. The summed E-state index contributed by atoms with van der Waals surface area (Å²) in [6.07, 6.45) is 3.84. The van der Waals surface area contributed by atoms with E-state index in [-0.39, 0.29) is 51.1 Å². The van der Waals surface area contributed by atoms with E-state index in [1.54, 1.807) is 57.5 Å². The maximum Gasteiger partial charge on any atom is 0.258 e. The van der Waals surface area contributed by atoms with E-state index in [9.17, 15) is 22.8 Å². The zero-order valence-electron chi connectivity index (χ0n) is 30.7. The molecule has 0 bridgehead atoms. The summed E-state index contributed by atoms with van der Waals surface area (Å²) in [4.78, 5) is 36.1. The Morgan fingerprint density at radius 2 is 1.59 bits per heavy atom. The first kappa shape index (κ1) is 39.9. The fourth-order valence-corrected chi connectivity index (χ4v) is 6.63. The first-order chi connectivity index (χ1) is 25.6. The molecule has 9 nitrogen and oxygen atoms in total. The first-order valence-corrected chi connectivity index (χ1v) is 17.9. The zero-order valence-corrected chi connectivity index (χ0v) is 32.3. The van der Waals surface area contributed by atoms with Crippen LogP contribution in [0.1, 0.15) is 54.5 Å². The number of carbonyl (C=O) groups excluding carboxylic acids is 1. The number of aromatic nitrogens is 3. The Labute approximate surface area is 319 Å². The zero-order chi connectivity index (χ0) is 39.3. The van der Waals surface area contributed by atoms with Crippen molar-refractivity contribution in [1.82, 2.24) is 20.3 Å². The van der Waals surface area contributed by atoms with Gasteiger partial charge < -0.3 is 25.5 Å². The SMILES string of the molecule is COc1ccc(CNC(=O)c2c(-c3ccc(Br)c(F)c3F)ccnc2C)cc1.Cc1nccc2c1c(=O)[nH]c1c(F)c(OCC(C)(N)CC(C)C)ccc12. The molecule has 6 aromatic rings. The molecular weight excluding hydrogens is 763 g/mol. The summed E-state index contributed by atoms with van der Waals surface area (Å²) in [5.74, 6) is -1.82. The number of benzene rings is 3. The van der Waals surface area contributed by atoms with Gasteiger partial charge in [-0.1, -0.05) is 32.0 Å². The number of halogens is 4. The van der Waals surface area contributed by atoms with Crippen molar-refractivity contribution >= 4 is 43.5 Å². The predicted molar refractivity (Wildman–Crippen MR) is 208 cm³/mol. The van der Waals surface area contributed by atoms with Crippen LogP contribution in [0.3, 0.4) is 0 Å². The Kier molecular flexibility index (Phi) is 12.4. The van der Waals surface area contributed by atoms with E-state index < -0.39 is 28.9 Å². The lowest BCUT2D eigenvalue weighted by atomic mass is 9.93. The van der Waals surface area contributed by atoms with E-state index in [1.165, 1.54) is 24.4 Å². The molecule has 3 aromatic heterocycles. The number of carbonyl (C=O) groups is 1. The van der Waals surface area contributed by atoms with Crippen molar-refractivity contribution in [1.29, 1.82) is 0 Å². The Bertz CT molecular complexity index is 2380. The summed E-state index contributed by atoms with van der Waals surface area (Å²) in [6, 6.07) is 16.6. The van der Waals surface area contributed by atoms with Gasteiger partial charge in [0.25, 0.3) is 11.5 Å². The molecule has 3 heterocycles. The third-order valence-corrected chi connectivity index (χ3v) is 9.35. The number of fused-ring (bicyclic) bond motifs is 3. The molecule has 0 saturated carbocycles. The van der Waals surface area contributed by atoms with Crippen molar-refractivity contribution in [2.75, 3.05) is 13.7 Å². The summed E-state index contributed by atoms with van der Waals surface area (Å²) < 4.78 is 54.2. The predicted octanol–water partition coefficient (Wildman–Crippen LogP) is 8.70. The monoisotopic (exact) mass is 803 g/mol. The highest BCUT2D eigenvalue weighted by Crippen LogP contribution is 2.32. The van der Waals surface area contributed by atoms with E-state index in [0.29, 0.717) is 39.2 Å². The Balaban J connectivity index is 0.000000208. The number of nitrogens with one attached hydrogen (secondary N) is 2. The lowest BCUT2D eigenvalue weighted by Gasteiger charge is -2.26.